The molecule has 0 aliphatic carbocycles. The zero-order valence-corrected chi connectivity index (χ0v) is 19.2. The summed E-state index contributed by atoms with van der Waals surface area (Å²) in [5.74, 6) is -0.751. The van der Waals surface area contributed by atoms with Crippen LogP contribution in [0.25, 0.3) is 5.76 Å². The van der Waals surface area contributed by atoms with Crippen LogP contribution in [0.5, 0.6) is 5.75 Å². The van der Waals surface area contributed by atoms with E-state index < -0.39 is 17.7 Å². The Kier molecular flexibility index (Phi) is 7.87. The number of hydrogen-bond acceptors (Lipinski definition) is 6. The topological polar surface area (TPSA) is 70.1 Å². The lowest BCUT2D eigenvalue weighted by molar-refractivity contribution is -0.140. The minimum atomic E-state index is -0.643. The van der Waals surface area contributed by atoms with Crippen LogP contribution in [-0.2, 0) is 9.59 Å². The maximum Gasteiger partial charge on any atom is 0.295 e. The molecule has 0 saturated carbocycles. The fraction of sp³-hybridized carbons (Fsp3) is 0.417. The Bertz CT molecular complexity index is 935. The number of Topliss-reactive ketones (excluding diaryl/α,β-unsaturated/α-hetero) is 1. The second kappa shape index (κ2) is 10.6. The number of thiophene rings is 1. The molecule has 1 fully saturated rings. The van der Waals surface area contributed by atoms with E-state index in [4.69, 9.17) is 4.74 Å². The third-order valence-corrected chi connectivity index (χ3v) is 6.41. The Balaban J connectivity index is 2.01. The molecule has 1 atom stereocenters. The molecule has 1 aliphatic heterocycles. The van der Waals surface area contributed by atoms with Crippen LogP contribution in [0.3, 0.4) is 0 Å². The second-order valence-electron chi connectivity index (χ2n) is 7.41. The molecule has 1 amide bonds. The van der Waals surface area contributed by atoms with Gasteiger partial charge in [-0.3, -0.25) is 9.59 Å². The third-order valence-electron chi connectivity index (χ3n) is 5.48. The van der Waals surface area contributed by atoms with E-state index in [9.17, 15) is 14.7 Å². The number of ketones is 1. The average molecular weight is 443 g/mol. The van der Waals surface area contributed by atoms with Crippen molar-refractivity contribution >= 4 is 28.8 Å². The fourth-order valence-electron chi connectivity index (χ4n) is 3.75. The number of ether oxygens (including phenoxy) is 1. The molecule has 6 nitrogen and oxygen atoms in total. The van der Waals surface area contributed by atoms with Gasteiger partial charge in [-0.15, -0.1) is 11.3 Å². The van der Waals surface area contributed by atoms with E-state index in [0.717, 1.165) is 24.4 Å². The monoisotopic (exact) mass is 442 g/mol. The van der Waals surface area contributed by atoms with E-state index >= 15 is 0 Å². The van der Waals surface area contributed by atoms with E-state index in [1.807, 2.05) is 30.5 Å². The normalized spacial score (nSPS) is 18.2. The van der Waals surface area contributed by atoms with Gasteiger partial charge in [0.25, 0.3) is 11.7 Å². The Hall–Kier alpha value is -2.64. The first-order valence-electron chi connectivity index (χ1n) is 10.8. The first-order valence-corrected chi connectivity index (χ1v) is 11.7. The molecule has 1 aromatic carbocycles. The third kappa shape index (κ3) is 4.99. The highest BCUT2D eigenvalue weighted by Gasteiger charge is 2.46. The first kappa shape index (κ1) is 23.0. The number of amides is 1. The molecule has 3 rings (SSSR count). The number of aliphatic hydroxyl groups excluding tert-OH is 1. The van der Waals surface area contributed by atoms with E-state index in [2.05, 4.69) is 18.7 Å². The summed E-state index contributed by atoms with van der Waals surface area (Å²) in [7, 11) is 0. The van der Waals surface area contributed by atoms with Gasteiger partial charge < -0.3 is 19.6 Å². The zero-order chi connectivity index (χ0) is 22.4. The number of carbonyl (C=O) groups excluding carboxylic acids is 2. The summed E-state index contributed by atoms with van der Waals surface area (Å²) in [6.07, 6.45) is 0.867. The SMILES string of the molecule is CCCOc1cccc(C(O)=C2C(=O)C(=O)N(CCN(CC)CC)C2c2cccs2)c1. The molecule has 0 radical (unpaired) electrons. The quantitative estimate of drug-likeness (QED) is 0.337. The Morgan fingerprint density at radius 1 is 1.16 bits per heavy atom. The summed E-state index contributed by atoms with van der Waals surface area (Å²) in [6.45, 7) is 9.56. The zero-order valence-electron chi connectivity index (χ0n) is 18.3. The Labute approximate surface area is 187 Å². The number of hydrogen-bond donors (Lipinski definition) is 1. The number of benzene rings is 1. The maximum absolute atomic E-state index is 13.0. The minimum absolute atomic E-state index is 0.139. The van der Waals surface area contributed by atoms with Gasteiger partial charge in [0.2, 0.25) is 0 Å². The number of carbonyl (C=O) groups is 2. The van der Waals surface area contributed by atoms with E-state index in [1.165, 1.54) is 11.3 Å². The standard InChI is InChI=1S/C24H30N2O4S/c1-4-14-30-18-10-7-9-17(16-18)22(27)20-21(19-11-8-15-31-19)26(24(29)23(20)28)13-12-25(5-2)6-3/h7-11,15-16,21,27H,4-6,12-14H2,1-3H3. The van der Waals surface area contributed by atoms with Crippen LogP contribution in [0.2, 0.25) is 0 Å². The largest absolute Gasteiger partial charge is 0.507 e. The van der Waals surface area contributed by atoms with Crippen LogP contribution in [-0.4, -0.2) is 59.4 Å². The number of likely N-dealkylation sites (N-methyl/N-ethyl adjacent to an activating group) is 1. The van der Waals surface area contributed by atoms with Crippen LogP contribution in [0, 0.1) is 0 Å². The van der Waals surface area contributed by atoms with Gasteiger partial charge in [0, 0.05) is 23.5 Å². The number of likely N-dealkylation sites (tertiary alicyclic amines) is 1. The molecule has 7 heteroatoms. The molecule has 31 heavy (non-hydrogen) atoms. The summed E-state index contributed by atoms with van der Waals surface area (Å²) in [4.78, 5) is 30.6. The van der Waals surface area contributed by atoms with Crippen molar-refractivity contribution < 1.29 is 19.4 Å². The van der Waals surface area contributed by atoms with Gasteiger partial charge in [-0.1, -0.05) is 39.0 Å². The molecule has 1 aliphatic rings. The molecule has 2 aromatic rings. The van der Waals surface area contributed by atoms with E-state index in [0.29, 0.717) is 31.0 Å². The predicted octanol–water partition coefficient (Wildman–Crippen LogP) is 4.30. The molecule has 1 unspecified atom stereocenters. The molecule has 166 valence electrons. The van der Waals surface area contributed by atoms with Gasteiger partial charge in [-0.25, -0.2) is 0 Å². The number of rotatable bonds is 10. The highest BCUT2D eigenvalue weighted by atomic mass is 32.1. The summed E-state index contributed by atoms with van der Waals surface area (Å²) in [6, 6.07) is 10.2. The predicted molar refractivity (Wildman–Crippen MR) is 123 cm³/mol. The summed E-state index contributed by atoms with van der Waals surface area (Å²) in [5.41, 5.74) is 0.608. The van der Waals surface area contributed by atoms with Crippen LogP contribution < -0.4 is 4.74 Å². The Morgan fingerprint density at radius 2 is 1.94 bits per heavy atom. The molecular weight excluding hydrogens is 412 g/mol. The smallest absolute Gasteiger partial charge is 0.295 e. The molecule has 1 saturated heterocycles. The van der Waals surface area contributed by atoms with Gasteiger partial charge >= 0.3 is 0 Å². The van der Waals surface area contributed by atoms with Gasteiger partial charge in [-0.2, -0.15) is 0 Å². The molecular formula is C24H30N2O4S. The van der Waals surface area contributed by atoms with Crippen LogP contribution in [0.15, 0.2) is 47.4 Å². The van der Waals surface area contributed by atoms with Gasteiger partial charge in [0.1, 0.15) is 11.5 Å². The second-order valence-corrected chi connectivity index (χ2v) is 8.39. The summed E-state index contributed by atoms with van der Waals surface area (Å²) < 4.78 is 5.67. The van der Waals surface area contributed by atoms with Crippen molar-refractivity contribution in [2.75, 3.05) is 32.8 Å². The van der Waals surface area contributed by atoms with Crippen LogP contribution in [0.1, 0.15) is 43.7 Å². The van der Waals surface area contributed by atoms with Crippen molar-refractivity contribution in [3.63, 3.8) is 0 Å². The van der Waals surface area contributed by atoms with Crippen LogP contribution in [0.4, 0.5) is 0 Å². The molecule has 0 bridgehead atoms. The van der Waals surface area contributed by atoms with Crippen molar-refractivity contribution in [2.45, 2.75) is 33.2 Å². The minimum Gasteiger partial charge on any atom is -0.507 e. The van der Waals surface area contributed by atoms with Gasteiger partial charge in [0.05, 0.1) is 18.2 Å². The highest BCUT2D eigenvalue weighted by molar-refractivity contribution is 7.10. The summed E-state index contributed by atoms with van der Waals surface area (Å²) in [5, 5.41) is 13.0. The van der Waals surface area contributed by atoms with Crippen molar-refractivity contribution in [3.8, 4) is 5.75 Å². The van der Waals surface area contributed by atoms with E-state index in [1.54, 1.807) is 23.1 Å². The van der Waals surface area contributed by atoms with Gasteiger partial charge in [-0.05, 0) is 43.1 Å². The van der Waals surface area contributed by atoms with Crippen molar-refractivity contribution in [1.82, 2.24) is 9.80 Å². The van der Waals surface area contributed by atoms with Crippen LogP contribution >= 0.6 is 11.3 Å². The first-order chi connectivity index (χ1) is 15.0. The molecule has 1 N–H and O–H groups in total. The van der Waals surface area contributed by atoms with Crippen molar-refractivity contribution in [3.05, 3.63) is 57.8 Å². The maximum atomic E-state index is 13.0. The van der Waals surface area contributed by atoms with Gasteiger partial charge in [0.15, 0.2) is 0 Å². The summed E-state index contributed by atoms with van der Waals surface area (Å²) >= 11 is 1.47. The Morgan fingerprint density at radius 3 is 2.58 bits per heavy atom. The number of nitrogens with zero attached hydrogens (tertiary/aromatic N) is 2. The lowest BCUT2D eigenvalue weighted by atomic mass is 9.99. The molecule has 1 aromatic heterocycles. The van der Waals surface area contributed by atoms with E-state index in [-0.39, 0.29) is 11.3 Å². The average Bonchev–Trinajstić information content (AvgIpc) is 3.40. The highest BCUT2D eigenvalue weighted by Crippen LogP contribution is 2.41. The molecule has 2 heterocycles. The van der Waals surface area contributed by atoms with Crippen molar-refractivity contribution in [2.24, 2.45) is 0 Å². The lowest BCUT2D eigenvalue weighted by Gasteiger charge is -2.27. The lowest BCUT2D eigenvalue weighted by Crippen LogP contribution is -2.37. The fourth-order valence-corrected chi connectivity index (χ4v) is 4.60. The molecule has 0 spiro atoms. The number of aliphatic hydroxyl groups is 1. The van der Waals surface area contributed by atoms with Crippen molar-refractivity contribution in [1.29, 1.82) is 0 Å².